The zero-order valence-electron chi connectivity index (χ0n) is 9.28. The molecular formula is C10H13NaO3S. The number of benzene rings is 1. The topological polar surface area (TPSA) is 57.2 Å². The summed E-state index contributed by atoms with van der Waals surface area (Å²) in [5, 5.41) is 0. The van der Waals surface area contributed by atoms with Gasteiger partial charge in [0.15, 0.2) is 0 Å². The third-order valence-corrected chi connectivity index (χ3v) is 3.06. The number of rotatable bonds is 3. The van der Waals surface area contributed by atoms with Crippen molar-refractivity contribution >= 4 is 10.1 Å². The van der Waals surface area contributed by atoms with Crippen molar-refractivity contribution in [2.45, 2.75) is 31.6 Å². The van der Waals surface area contributed by atoms with Gasteiger partial charge < -0.3 is 4.55 Å². The summed E-state index contributed by atoms with van der Waals surface area (Å²) in [6.07, 6.45) is 1.59. The minimum atomic E-state index is -4.31. The van der Waals surface area contributed by atoms with Gasteiger partial charge in [-0.05, 0) is 36.1 Å². The van der Waals surface area contributed by atoms with Crippen LogP contribution in [0.5, 0.6) is 0 Å². The van der Waals surface area contributed by atoms with Crippen LogP contribution in [-0.4, -0.2) is 13.0 Å². The van der Waals surface area contributed by atoms with Crippen LogP contribution in [0.15, 0.2) is 23.1 Å². The number of aryl methyl sites for hydroxylation is 2. The summed E-state index contributed by atoms with van der Waals surface area (Å²) in [6, 6.07) is 4.56. The third-order valence-electron chi connectivity index (χ3n) is 2.23. The standard InChI is InChI=1S/C10H14O3S.Na/c1-3-8-5-6-10(14(11,12)13)7-9(8)4-2;/h5-7H,3-4H2,1-2H3,(H,11,12,13);/q;+1/p-1. The zero-order chi connectivity index (χ0) is 10.8. The molecule has 0 aromatic heterocycles. The predicted octanol–water partition coefficient (Wildman–Crippen LogP) is -1.28. The maximum Gasteiger partial charge on any atom is 1.00 e. The van der Waals surface area contributed by atoms with E-state index in [0.717, 1.165) is 24.0 Å². The van der Waals surface area contributed by atoms with Gasteiger partial charge in [-0.1, -0.05) is 19.9 Å². The minimum absolute atomic E-state index is 0. The molecule has 0 aliphatic rings. The molecule has 1 rings (SSSR count). The third kappa shape index (κ3) is 3.89. The van der Waals surface area contributed by atoms with Crippen LogP contribution in [0.25, 0.3) is 0 Å². The van der Waals surface area contributed by atoms with Crippen LogP contribution in [0.4, 0.5) is 0 Å². The average Bonchev–Trinajstić information content (AvgIpc) is 2.15. The average molecular weight is 236 g/mol. The molecule has 0 bridgehead atoms. The van der Waals surface area contributed by atoms with Crippen molar-refractivity contribution in [3.63, 3.8) is 0 Å². The van der Waals surface area contributed by atoms with Crippen molar-refractivity contribution in [2.24, 2.45) is 0 Å². The first-order valence-corrected chi connectivity index (χ1v) is 5.97. The summed E-state index contributed by atoms with van der Waals surface area (Å²) in [6.45, 7) is 3.94. The van der Waals surface area contributed by atoms with Crippen LogP contribution in [0, 0.1) is 0 Å². The molecule has 3 nitrogen and oxygen atoms in total. The summed E-state index contributed by atoms with van der Waals surface area (Å²) in [4.78, 5) is -0.133. The first-order valence-electron chi connectivity index (χ1n) is 4.56. The molecule has 0 spiro atoms. The van der Waals surface area contributed by atoms with Gasteiger partial charge in [-0.25, -0.2) is 8.42 Å². The van der Waals surface area contributed by atoms with Crippen molar-refractivity contribution in [2.75, 3.05) is 0 Å². The van der Waals surface area contributed by atoms with E-state index >= 15 is 0 Å². The molecule has 0 radical (unpaired) electrons. The van der Waals surface area contributed by atoms with Gasteiger partial charge in [-0.3, -0.25) is 0 Å². The van der Waals surface area contributed by atoms with Gasteiger partial charge in [0.1, 0.15) is 10.1 Å². The molecule has 0 aliphatic carbocycles. The van der Waals surface area contributed by atoms with Gasteiger partial charge in [0.05, 0.1) is 4.90 Å². The SMILES string of the molecule is CCc1ccc(S(=O)(=O)[O-])cc1CC.[Na+]. The van der Waals surface area contributed by atoms with Crippen LogP contribution in [0.3, 0.4) is 0 Å². The van der Waals surface area contributed by atoms with Crippen LogP contribution >= 0.6 is 0 Å². The molecule has 78 valence electrons. The second-order valence-corrected chi connectivity index (χ2v) is 4.47. The molecule has 0 amide bonds. The largest absolute Gasteiger partial charge is 1.00 e. The van der Waals surface area contributed by atoms with Gasteiger partial charge in [0, 0.05) is 0 Å². The van der Waals surface area contributed by atoms with E-state index in [1.165, 1.54) is 12.1 Å². The van der Waals surface area contributed by atoms with Crippen LogP contribution < -0.4 is 29.6 Å². The molecule has 0 saturated carbocycles. The summed E-state index contributed by atoms with van der Waals surface area (Å²) in [5.74, 6) is 0. The number of hydrogen-bond acceptors (Lipinski definition) is 3. The van der Waals surface area contributed by atoms with Crippen LogP contribution in [0.2, 0.25) is 0 Å². The molecule has 0 unspecified atom stereocenters. The Bertz CT molecular complexity index is 426. The van der Waals surface area contributed by atoms with E-state index in [9.17, 15) is 13.0 Å². The fourth-order valence-corrected chi connectivity index (χ4v) is 1.95. The van der Waals surface area contributed by atoms with Crippen molar-refractivity contribution in [1.82, 2.24) is 0 Å². The predicted molar refractivity (Wildman–Crippen MR) is 53.2 cm³/mol. The Hall–Kier alpha value is 0.130. The van der Waals surface area contributed by atoms with Gasteiger partial charge in [-0.15, -0.1) is 0 Å². The van der Waals surface area contributed by atoms with Gasteiger partial charge >= 0.3 is 29.6 Å². The van der Waals surface area contributed by atoms with Crippen molar-refractivity contribution < 1.29 is 42.5 Å². The van der Waals surface area contributed by atoms with E-state index in [4.69, 9.17) is 0 Å². The van der Waals surface area contributed by atoms with E-state index in [1.807, 2.05) is 13.8 Å². The fraction of sp³-hybridized carbons (Fsp3) is 0.400. The van der Waals surface area contributed by atoms with E-state index < -0.39 is 10.1 Å². The smallest absolute Gasteiger partial charge is 0.744 e. The monoisotopic (exact) mass is 236 g/mol. The Morgan fingerprint density at radius 1 is 1.13 bits per heavy atom. The summed E-state index contributed by atoms with van der Waals surface area (Å²) in [5.41, 5.74) is 2.03. The Kier molecular flexibility index (Phi) is 6.06. The van der Waals surface area contributed by atoms with E-state index in [0.29, 0.717) is 0 Å². The quantitative estimate of drug-likeness (QED) is 0.485. The Labute approximate surface area is 113 Å². The van der Waals surface area contributed by atoms with Crippen molar-refractivity contribution in [3.05, 3.63) is 29.3 Å². The maximum atomic E-state index is 10.7. The number of hydrogen-bond donors (Lipinski definition) is 0. The zero-order valence-corrected chi connectivity index (χ0v) is 12.1. The molecule has 0 fully saturated rings. The molecule has 0 saturated heterocycles. The molecular weight excluding hydrogens is 223 g/mol. The van der Waals surface area contributed by atoms with Crippen molar-refractivity contribution in [1.29, 1.82) is 0 Å². The fourth-order valence-electron chi connectivity index (χ4n) is 1.43. The molecule has 0 N–H and O–H groups in total. The van der Waals surface area contributed by atoms with E-state index in [2.05, 4.69) is 0 Å². The van der Waals surface area contributed by atoms with E-state index in [1.54, 1.807) is 6.07 Å². The van der Waals surface area contributed by atoms with Gasteiger partial charge in [0.25, 0.3) is 0 Å². The Morgan fingerprint density at radius 3 is 2.07 bits per heavy atom. The molecule has 15 heavy (non-hydrogen) atoms. The molecule has 1 aromatic rings. The maximum absolute atomic E-state index is 10.7. The second-order valence-electron chi connectivity index (χ2n) is 3.09. The molecule has 5 heteroatoms. The summed E-state index contributed by atoms with van der Waals surface area (Å²) >= 11 is 0. The van der Waals surface area contributed by atoms with Crippen LogP contribution in [-0.2, 0) is 23.0 Å². The molecule has 0 atom stereocenters. The van der Waals surface area contributed by atoms with Gasteiger partial charge in [-0.2, -0.15) is 0 Å². The summed E-state index contributed by atoms with van der Waals surface area (Å²) < 4.78 is 32.2. The van der Waals surface area contributed by atoms with E-state index in [-0.39, 0.29) is 34.5 Å². The first kappa shape index (κ1) is 15.1. The summed E-state index contributed by atoms with van der Waals surface area (Å²) in [7, 11) is -4.31. The Balaban J connectivity index is 0.00000196. The van der Waals surface area contributed by atoms with Crippen molar-refractivity contribution in [3.8, 4) is 0 Å². The minimum Gasteiger partial charge on any atom is -0.744 e. The molecule has 0 heterocycles. The normalized spacial score (nSPS) is 10.9. The first-order chi connectivity index (χ1) is 6.49. The molecule has 1 aromatic carbocycles. The van der Waals surface area contributed by atoms with Crippen LogP contribution in [0.1, 0.15) is 25.0 Å². The Morgan fingerprint density at radius 2 is 1.67 bits per heavy atom. The second kappa shape index (κ2) is 6.01. The molecule has 0 aliphatic heterocycles. The van der Waals surface area contributed by atoms with Gasteiger partial charge in [0.2, 0.25) is 0 Å².